The minimum absolute atomic E-state index is 0.205. The minimum atomic E-state index is -1.11. The summed E-state index contributed by atoms with van der Waals surface area (Å²) in [7, 11) is 1.28. The number of methoxy groups -OCH3 is 1. The SMILES string of the molecule is COC(=O)CCC/C=C(\F)C(=O)Cl. The molecule has 0 aromatic carbocycles. The molecule has 74 valence electrons. The van der Waals surface area contributed by atoms with Crippen molar-refractivity contribution in [3.63, 3.8) is 0 Å². The molecule has 0 spiro atoms. The second kappa shape index (κ2) is 6.60. The molecule has 5 heteroatoms. The number of carbonyl (C=O) groups excluding carboxylic acids is 2. The van der Waals surface area contributed by atoms with Crippen LogP contribution in [-0.2, 0) is 14.3 Å². The summed E-state index contributed by atoms with van der Waals surface area (Å²) in [5, 5.41) is -1.11. The van der Waals surface area contributed by atoms with Crippen LogP contribution in [0.25, 0.3) is 0 Å². The van der Waals surface area contributed by atoms with Crippen molar-refractivity contribution in [2.24, 2.45) is 0 Å². The van der Waals surface area contributed by atoms with Gasteiger partial charge in [0.2, 0.25) is 0 Å². The number of unbranched alkanes of at least 4 members (excludes halogenated alkanes) is 1. The van der Waals surface area contributed by atoms with Crippen molar-refractivity contribution < 1.29 is 18.7 Å². The molecule has 0 radical (unpaired) electrons. The van der Waals surface area contributed by atoms with E-state index in [1.54, 1.807) is 0 Å². The Kier molecular flexibility index (Phi) is 6.14. The molecule has 0 aromatic heterocycles. The third-order valence-electron chi connectivity index (χ3n) is 1.32. The molecule has 0 aliphatic heterocycles. The van der Waals surface area contributed by atoms with Crippen LogP contribution in [0.3, 0.4) is 0 Å². The molecule has 0 aliphatic rings. The van der Waals surface area contributed by atoms with Crippen molar-refractivity contribution >= 4 is 22.8 Å². The molecule has 13 heavy (non-hydrogen) atoms. The Labute approximate surface area is 80.5 Å². The molecule has 0 aromatic rings. The third-order valence-corrected chi connectivity index (χ3v) is 1.50. The Balaban J connectivity index is 3.61. The van der Waals surface area contributed by atoms with E-state index in [1.807, 2.05) is 0 Å². The number of allylic oxidation sites excluding steroid dienone is 2. The van der Waals surface area contributed by atoms with Crippen molar-refractivity contribution in [3.8, 4) is 0 Å². The standard InChI is InChI=1S/C8H10ClFO3/c1-13-7(11)5-3-2-4-6(10)8(9)12/h4H,2-3,5H2,1H3/b6-4-. The first-order chi connectivity index (χ1) is 6.07. The number of carbonyl (C=O) groups is 2. The van der Waals surface area contributed by atoms with Crippen LogP contribution in [0.1, 0.15) is 19.3 Å². The van der Waals surface area contributed by atoms with Crippen LogP contribution in [0.15, 0.2) is 11.9 Å². The zero-order valence-electron chi connectivity index (χ0n) is 7.18. The lowest BCUT2D eigenvalue weighted by atomic mass is 10.2. The molecule has 0 saturated heterocycles. The highest BCUT2D eigenvalue weighted by atomic mass is 35.5. The quantitative estimate of drug-likeness (QED) is 0.300. The number of ether oxygens (including phenoxy) is 1. The Morgan fingerprint density at radius 3 is 2.62 bits per heavy atom. The van der Waals surface area contributed by atoms with Crippen molar-refractivity contribution in [3.05, 3.63) is 11.9 Å². The Hall–Kier alpha value is -0.900. The fraction of sp³-hybridized carbons (Fsp3) is 0.500. The van der Waals surface area contributed by atoms with Crippen molar-refractivity contribution in [2.75, 3.05) is 7.11 Å². The molecular weight excluding hydrogens is 199 g/mol. The van der Waals surface area contributed by atoms with Gasteiger partial charge in [0.05, 0.1) is 7.11 Å². The highest BCUT2D eigenvalue weighted by Crippen LogP contribution is 2.06. The molecule has 0 bridgehead atoms. The topological polar surface area (TPSA) is 43.4 Å². The predicted molar refractivity (Wildman–Crippen MR) is 45.9 cm³/mol. The van der Waals surface area contributed by atoms with Crippen LogP contribution in [0.4, 0.5) is 4.39 Å². The molecule has 0 rings (SSSR count). The summed E-state index contributed by atoms with van der Waals surface area (Å²) in [6.45, 7) is 0. The largest absolute Gasteiger partial charge is 0.469 e. The molecule has 0 amide bonds. The van der Waals surface area contributed by atoms with E-state index in [1.165, 1.54) is 7.11 Å². The molecule has 0 N–H and O–H groups in total. The number of rotatable bonds is 5. The number of esters is 1. The van der Waals surface area contributed by atoms with E-state index in [2.05, 4.69) is 4.74 Å². The van der Waals surface area contributed by atoms with E-state index in [4.69, 9.17) is 11.6 Å². The van der Waals surface area contributed by atoms with Crippen LogP contribution in [0.2, 0.25) is 0 Å². The van der Waals surface area contributed by atoms with Gasteiger partial charge in [-0.25, -0.2) is 4.39 Å². The van der Waals surface area contributed by atoms with E-state index in [-0.39, 0.29) is 12.4 Å². The molecule has 0 aliphatic carbocycles. The van der Waals surface area contributed by atoms with Gasteiger partial charge in [-0.05, 0) is 30.5 Å². The number of halogens is 2. The first-order valence-corrected chi connectivity index (χ1v) is 4.08. The van der Waals surface area contributed by atoms with Gasteiger partial charge in [0.15, 0.2) is 5.83 Å². The molecule has 0 heterocycles. The van der Waals surface area contributed by atoms with Gasteiger partial charge >= 0.3 is 5.97 Å². The fourth-order valence-electron chi connectivity index (χ4n) is 0.657. The van der Waals surface area contributed by atoms with Gasteiger partial charge in [0.1, 0.15) is 0 Å². The van der Waals surface area contributed by atoms with Gasteiger partial charge in [0, 0.05) is 6.42 Å². The van der Waals surface area contributed by atoms with Gasteiger partial charge in [-0.15, -0.1) is 0 Å². The van der Waals surface area contributed by atoms with E-state index in [9.17, 15) is 14.0 Å². The lowest BCUT2D eigenvalue weighted by Crippen LogP contribution is -1.98. The predicted octanol–water partition coefficient (Wildman–Crippen LogP) is 1.95. The van der Waals surface area contributed by atoms with Crippen LogP contribution in [0.5, 0.6) is 0 Å². The lowest BCUT2D eigenvalue weighted by molar-refractivity contribution is -0.140. The molecule has 0 atom stereocenters. The van der Waals surface area contributed by atoms with Gasteiger partial charge in [-0.3, -0.25) is 9.59 Å². The minimum Gasteiger partial charge on any atom is -0.469 e. The highest BCUT2D eigenvalue weighted by molar-refractivity contribution is 6.67. The van der Waals surface area contributed by atoms with Crippen LogP contribution in [0, 0.1) is 0 Å². The van der Waals surface area contributed by atoms with E-state index < -0.39 is 11.1 Å². The monoisotopic (exact) mass is 208 g/mol. The highest BCUT2D eigenvalue weighted by Gasteiger charge is 2.03. The van der Waals surface area contributed by atoms with E-state index in [0.29, 0.717) is 12.8 Å². The fourth-order valence-corrected chi connectivity index (χ4v) is 0.735. The average Bonchev–Trinajstić information content (AvgIpc) is 2.11. The molecular formula is C8H10ClFO3. The summed E-state index contributed by atoms with van der Waals surface area (Å²) in [4.78, 5) is 20.7. The first-order valence-electron chi connectivity index (χ1n) is 3.70. The smallest absolute Gasteiger partial charge is 0.305 e. The molecule has 0 unspecified atom stereocenters. The zero-order valence-corrected chi connectivity index (χ0v) is 7.94. The average molecular weight is 209 g/mol. The van der Waals surface area contributed by atoms with Gasteiger partial charge < -0.3 is 4.74 Å². The van der Waals surface area contributed by atoms with E-state index in [0.717, 1.165) is 6.08 Å². The Morgan fingerprint density at radius 1 is 1.54 bits per heavy atom. The zero-order chi connectivity index (χ0) is 10.3. The van der Waals surface area contributed by atoms with Crippen LogP contribution in [-0.4, -0.2) is 18.3 Å². The second-order valence-corrected chi connectivity index (χ2v) is 2.64. The van der Waals surface area contributed by atoms with Gasteiger partial charge in [-0.1, -0.05) is 0 Å². The summed E-state index contributed by atoms with van der Waals surface area (Å²) < 4.78 is 16.8. The normalized spacial score (nSPS) is 11.2. The van der Waals surface area contributed by atoms with Crippen LogP contribution < -0.4 is 0 Å². The second-order valence-electron chi connectivity index (χ2n) is 2.29. The van der Waals surface area contributed by atoms with Gasteiger partial charge in [-0.2, -0.15) is 0 Å². The maximum absolute atomic E-state index is 12.4. The Bertz CT molecular complexity index is 225. The number of hydrogen-bond acceptors (Lipinski definition) is 3. The van der Waals surface area contributed by atoms with Crippen LogP contribution >= 0.6 is 11.6 Å². The van der Waals surface area contributed by atoms with Crippen molar-refractivity contribution in [1.29, 1.82) is 0 Å². The summed E-state index contributed by atoms with van der Waals surface area (Å²) in [5.41, 5.74) is 0. The maximum Gasteiger partial charge on any atom is 0.305 e. The van der Waals surface area contributed by atoms with E-state index >= 15 is 0 Å². The lowest BCUT2D eigenvalue weighted by Gasteiger charge is -1.95. The first kappa shape index (κ1) is 12.1. The number of hydrogen-bond donors (Lipinski definition) is 0. The van der Waals surface area contributed by atoms with Crippen molar-refractivity contribution in [2.45, 2.75) is 19.3 Å². The summed E-state index contributed by atoms with van der Waals surface area (Å²) in [6.07, 6.45) is 1.98. The molecule has 3 nitrogen and oxygen atoms in total. The summed E-state index contributed by atoms with van der Waals surface area (Å²) in [5.74, 6) is -1.34. The Morgan fingerprint density at radius 2 is 2.15 bits per heavy atom. The third kappa shape index (κ3) is 6.28. The molecule has 0 saturated carbocycles. The summed E-state index contributed by atoms with van der Waals surface area (Å²) in [6, 6.07) is 0. The maximum atomic E-state index is 12.4. The van der Waals surface area contributed by atoms with Crippen molar-refractivity contribution in [1.82, 2.24) is 0 Å². The summed E-state index contributed by atoms with van der Waals surface area (Å²) >= 11 is 4.82. The molecule has 0 fully saturated rings. The van der Waals surface area contributed by atoms with Gasteiger partial charge in [0.25, 0.3) is 5.24 Å².